The summed E-state index contributed by atoms with van der Waals surface area (Å²) in [5.74, 6) is 5.54. The number of ether oxygens (including phenoxy) is 3. The lowest BCUT2D eigenvalue weighted by atomic mass is 10.1. The maximum atomic E-state index is 12.8. The quantitative estimate of drug-likeness (QED) is 0.0239. The van der Waals surface area contributed by atoms with Crippen LogP contribution >= 0.6 is 45.1 Å². The van der Waals surface area contributed by atoms with E-state index in [0.717, 1.165) is 10.8 Å². The first-order valence-electron chi connectivity index (χ1n) is 13.9. The van der Waals surface area contributed by atoms with Crippen molar-refractivity contribution in [3.05, 3.63) is 72.5 Å². The Labute approximate surface area is 291 Å². The van der Waals surface area contributed by atoms with Crippen LogP contribution < -0.4 is 17.0 Å². The van der Waals surface area contributed by atoms with Crippen LogP contribution in [0.3, 0.4) is 0 Å². The van der Waals surface area contributed by atoms with Gasteiger partial charge < -0.3 is 39.5 Å². The molecule has 0 aliphatic carbocycles. The van der Waals surface area contributed by atoms with E-state index in [1.165, 1.54) is 45.9 Å². The fourth-order valence-corrected chi connectivity index (χ4v) is 9.07. The number of nitro groups is 1. The molecule has 0 radical (unpaired) electrons. The number of para-hydroxylation sites is 1. The fourth-order valence-electron chi connectivity index (χ4n) is 3.94. The summed E-state index contributed by atoms with van der Waals surface area (Å²) in [6, 6.07) is 5.58. The number of H-pyrrole nitrogens is 1. The Kier molecular flexibility index (Phi) is 15.2. The van der Waals surface area contributed by atoms with Gasteiger partial charge in [-0.15, -0.1) is 0 Å². The van der Waals surface area contributed by atoms with Gasteiger partial charge in [0.2, 0.25) is 0 Å². The Morgan fingerprint density at radius 1 is 1.16 bits per heavy atom. The molecule has 50 heavy (non-hydrogen) atoms. The molecular weight excluding hydrogens is 773 g/mol. The second kappa shape index (κ2) is 18.0. The average Bonchev–Trinajstić information content (AvgIpc) is 3.40. The summed E-state index contributed by atoms with van der Waals surface area (Å²) < 4.78 is 65.0. The average molecular weight is 807 g/mol. The molecule has 0 amide bonds. The zero-order chi connectivity index (χ0) is 37.3. The fraction of sp³-hybridized carbons (Fsp3) is 0.500. The van der Waals surface area contributed by atoms with E-state index in [1.807, 2.05) is 13.8 Å². The third-order valence-electron chi connectivity index (χ3n) is 6.22. The van der Waals surface area contributed by atoms with Gasteiger partial charge in [-0.2, -0.15) is 8.62 Å². The van der Waals surface area contributed by atoms with Gasteiger partial charge in [0.15, 0.2) is 0 Å². The van der Waals surface area contributed by atoms with Gasteiger partial charge in [0.25, 0.3) is 11.2 Å². The first-order valence-corrected chi connectivity index (χ1v) is 20.8. The number of nitro benzene ring substituents is 1. The second-order valence-electron chi connectivity index (χ2n) is 10.6. The lowest BCUT2D eigenvalue weighted by molar-refractivity contribution is -0.386. The smallest absolute Gasteiger partial charge is 0.370 e. The minimum Gasteiger partial charge on any atom is -0.370 e. The lowest BCUT2D eigenvalue weighted by Gasteiger charge is -2.21. The molecule has 1 aliphatic heterocycles. The number of rotatable bonds is 18. The number of hydrogen-bond donors (Lipinski definition) is 6. The Hall–Kier alpha value is -2.19. The summed E-state index contributed by atoms with van der Waals surface area (Å²) in [4.78, 5) is 75.0. The molecule has 278 valence electrons. The Morgan fingerprint density at radius 3 is 2.52 bits per heavy atom. The van der Waals surface area contributed by atoms with Crippen molar-refractivity contribution in [1.82, 2.24) is 9.55 Å². The molecule has 1 saturated heterocycles. The summed E-state index contributed by atoms with van der Waals surface area (Å²) in [5, 5.41) is 11.5. The molecular formula is C24H33N4O17P3S2. The molecule has 7 N–H and O–H groups in total. The number of nitrogens with zero attached hydrogens (tertiary/aromatic N) is 2. The van der Waals surface area contributed by atoms with Gasteiger partial charge in [-0.25, -0.2) is 18.5 Å². The molecule has 2 aromatic rings. The molecule has 1 aliphatic rings. The number of aromatic nitrogens is 2. The van der Waals surface area contributed by atoms with E-state index in [2.05, 4.69) is 25.4 Å². The van der Waals surface area contributed by atoms with Gasteiger partial charge in [-0.1, -0.05) is 45.6 Å². The van der Waals surface area contributed by atoms with Crippen LogP contribution in [-0.4, -0.2) is 76.7 Å². The molecule has 3 rings (SSSR count). The molecule has 0 spiro atoms. The highest BCUT2D eigenvalue weighted by Gasteiger charge is 2.43. The number of phosphoric acid groups is 3. The molecule has 2 heterocycles. The summed E-state index contributed by atoms with van der Waals surface area (Å²) in [6.07, 6.45) is -2.89. The van der Waals surface area contributed by atoms with Crippen molar-refractivity contribution >= 4 is 50.7 Å². The van der Waals surface area contributed by atoms with Crippen LogP contribution in [0.4, 0.5) is 5.69 Å². The highest BCUT2D eigenvalue weighted by atomic mass is 33.1. The largest absolute Gasteiger partial charge is 0.490 e. The Bertz CT molecular complexity index is 1840. The third kappa shape index (κ3) is 13.7. The van der Waals surface area contributed by atoms with E-state index >= 15 is 0 Å². The molecule has 1 aromatic carbocycles. The van der Waals surface area contributed by atoms with Gasteiger partial charge in [0.05, 0.1) is 29.8 Å². The van der Waals surface area contributed by atoms with Gasteiger partial charge in [-0.05, 0) is 19.9 Å². The SMILES string of the molecule is CC(C)(CN)SSCOCC#Cc1cn([C@H]2C[C@@H](OCc3ccccc3[N+](=O)[O-])[C@@H](COP(=O)(O)OP(=O)(O)OP(=O)(O)O)O2)c(=O)[nH]c1=O. The Balaban J connectivity index is 1.79. The standard InChI is InChI=1S/C24H33N4O17P3S2/c1-24(2,14-25)50-49-15-40-9-5-7-16-11-27(23(30)26-22(16)29)21-10-19(41-12-17-6-3-4-8-18(17)28(31)32)20(43-21)13-42-47(36,37)45-48(38,39)44-46(33,34)35/h3-4,6,8,11,19-21H,9-10,12-15,25H2,1-2H3,(H,36,37)(H,38,39)(H,26,29,30)(H2,33,34,35)/t19-,20-,21-/m1/s1. The first-order chi connectivity index (χ1) is 23.2. The van der Waals surface area contributed by atoms with Crippen molar-refractivity contribution in [1.29, 1.82) is 0 Å². The van der Waals surface area contributed by atoms with Gasteiger partial charge in [-0.3, -0.25) is 29.0 Å². The minimum absolute atomic E-state index is 0.0562. The number of phosphoric ester groups is 1. The van der Waals surface area contributed by atoms with Crippen LogP contribution in [-0.2, 0) is 47.7 Å². The monoisotopic (exact) mass is 806 g/mol. The first kappa shape index (κ1) is 42.2. The molecule has 26 heteroatoms. The number of nitrogens with two attached hydrogens (primary N) is 1. The van der Waals surface area contributed by atoms with E-state index in [9.17, 15) is 43.2 Å². The van der Waals surface area contributed by atoms with E-state index in [4.69, 9.17) is 34.3 Å². The van der Waals surface area contributed by atoms with Gasteiger partial charge >= 0.3 is 29.2 Å². The van der Waals surface area contributed by atoms with Crippen molar-refractivity contribution in [2.24, 2.45) is 5.73 Å². The van der Waals surface area contributed by atoms with Crippen LogP contribution in [0, 0.1) is 22.0 Å². The summed E-state index contributed by atoms with van der Waals surface area (Å²) in [6.45, 7) is 3.01. The second-order valence-corrected chi connectivity index (χ2v) is 18.0. The van der Waals surface area contributed by atoms with Crippen molar-refractivity contribution in [2.45, 2.75) is 50.1 Å². The predicted octanol–water partition coefficient (Wildman–Crippen LogP) is 2.11. The maximum absolute atomic E-state index is 12.8. The van der Waals surface area contributed by atoms with Crippen molar-refractivity contribution in [3.63, 3.8) is 0 Å². The van der Waals surface area contributed by atoms with Crippen LogP contribution in [0.5, 0.6) is 0 Å². The molecule has 0 bridgehead atoms. The van der Waals surface area contributed by atoms with Crippen LogP contribution in [0.15, 0.2) is 40.1 Å². The molecule has 5 atom stereocenters. The molecule has 21 nitrogen and oxygen atoms in total. The molecule has 0 saturated carbocycles. The van der Waals surface area contributed by atoms with Crippen molar-refractivity contribution in [2.75, 3.05) is 25.7 Å². The van der Waals surface area contributed by atoms with E-state index < -0.39 is 64.7 Å². The van der Waals surface area contributed by atoms with Crippen LogP contribution in [0.1, 0.15) is 37.6 Å². The van der Waals surface area contributed by atoms with Crippen LogP contribution in [0.25, 0.3) is 0 Å². The zero-order valence-corrected chi connectivity index (χ0v) is 30.4. The van der Waals surface area contributed by atoms with E-state index in [-0.39, 0.29) is 47.1 Å². The number of aromatic amines is 1. The normalized spacial score (nSPS) is 20.4. The summed E-state index contributed by atoms with van der Waals surface area (Å²) in [7, 11) is -14.1. The van der Waals surface area contributed by atoms with E-state index in [1.54, 1.807) is 0 Å². The van der Waals surface area contributed by atoms with Gasteiger partial charge in [0, 0.05) is 30.0 Å². The molecule has 1 aromatic heterocycles. The zero-order valence-electron chi connectivity index (χ0n) is 26.1. The molecule has 2 unspecified atom stereocenters. The van der Waals surface area contributed by atoms with Crippen molar-refractivity contribution < 1.29 is 65.5 Å². The van der Waals surface area contributed by atoms with E-state index in [0.29, 0.717) is 6.54 Å². The summed E-state index contributed by atoms with van der Waals surface area (Å²) in [5.41, 5.74) is 3.62. The highest BCUT2D eigenvalue weighted by molar-refractivity contribution is 8.77. The Morgan fingerprint density at radius 2 is 1.86 bits per heavy atom. The highest BCUT2D eigenvalue weighted by Crippen LogP contribution is 2.66. The maximum Gasteiger partial charge on any atom is 0.490 e. The predicted molar refractivity (Wildman–Crippen MR) is 177 cm³/mol. The minimum atomic E-state index is -5.83. The summed E-state index contributed by atoms with van der Waals surface area (Å²) >= 11 is 0. The molecule has 1 fully saturated rings. The lowest BCUT2D eigenvalue weighted by Crippen LogP contribution is -2.33. The number of benzene rings is 1. The van der Waals surface area contributed by atoms with Crippen LogP contribution in [0.2, 0.25) is 0 Å². The number of hydrogen-bond acceptors (Lipinski definition) is 16. The number of nitrogens with one attached hydrogen (secondary N) is 1. The van der Waals surface area contributed by atoms with Crippen molar-refractivity contribution in [3.8, 4) is 11.8 Å². The topological polar surface area (TPSA) is 312 Å². The third-order valence-corrected chi connectivity index (χ3v) is 13.0. The van der Waals surface area contributed by atoms with Gasteiger partial charge in [0.1, 0.15) is 30.4 Å².